The third-order valence-corrected chi connectivity index (χ3v) is 1.96. The third kappa shape index (κ3) is 3.62. The predicted molar refractivity (Wildman–Crippen MR) is 60.2 cm³/mol. The molecule has 82 valence electrons. The second kappa shape index (κ2) is 6.06. The molecular weight excluding hydrogens is 190 g/mol. The maximum absolute atomic E-state index is 11.5. The Balaban J connectivity index is 2.58. The highest BCUT2D eigenvalue weighted by Crippen LogP contribution is 2.11. The lowest BCUT2D eigenvalue weighted by Gasteiger charge is -2.05. The summed E-state index contributed by atoms with van der Waals surface area (Å²) in [4.78, 5) is 11.5. The zero-order valence-corrected chi connectivity index (χ0v) is 9.25. The lowest BCUT2D eigenvalue weighted by Crippen LogP contribution is -2.23. The van der Waals surface area contributed by atoms with Crippen LogP contribution < -0.4 is 10.1 Å². The first-order valence-corrected chi connectivity index (χ1v) is 5.29. The van der Waals surface area contributed by atoms with Crippen molar-refractivity contribution in [1.29, 1.82) is 0 Å². The van der Waals surface area contributed by atoms with E-state index in [1.165, 1.54) is 0 Å². The summed E-state index contributed by atoms with van der Waals surface area (Å²) in [6.45, 7) is 5.31. The number of hydrogen-bond acceptors (Lipinski definition) is 2. The van der Waals surface area contributed by atoms with Crippen LogP contribution in [0.2, 0.25) is 0 Å². The second-order valence-electron chi connectivity index (χ2n) is 3.21. The summed E-state index contributed by atoms with van der Waals surface area (Å²) >= 11 is 0. The van der Waals surface area contributed by atoms with Gasteiger partial charge in [-0.3, -0.25) is 4.79 Å². The highest BCUT2D eigenvalue weighted by Gasteiger charge is 2.03. The summed E-state index contributed by atoms with van der Waals surface area (Å²) in [7, 11) is 0. The molecule has 0 saturated carbocycles. The summed E-state index contributed by atoms with van der Waals surface area (Å²) in [5, 5.41) is 2.82. The zero-order valence-electron chi connectivity index (χ0n) is 9.25. The fourth-order valence-corrected chi connectivity index (χ4v) is 1.21. The third-order valence-electron chi connectivity index (χ3n) is 1.96. The van der Waals surface area contributed by atoms with Gasteiger partial charge in [-0.15, -0.1) is 0 Å². The molecule has 0 aliphatic rings. The smallest absolute Gasteiger partial charge is 0.251 e. The van der Waals surface area contributed by atoms with Crippen molar-refractivity contribution in [3.63, 3.8) is 0 Å². The van der Waals surface area contributed by atoms with E-state index in [9.17, 15) is 4.79 Å². The molecule has 0 spiro atoms. The van der Waals surface area contributed by atoms with Gasteiger partial charge in [-0.2, -0.15) is 0 Å². The number of nitrogens with one attached hydrogen (secondary N) is 1. The van der Waals surface area contributed by atoms with Gasteiger partial charge in [0.1, 0.15) is 5.75 Å². The molecule has 0 aliphatic heterocycles. The Labute approximate surface area is 90.4 Å². The Bertz CT molecular complexity index is 306. The molecule has 3 nitrogen and oxygen atoms in total. The van der Waals surface area contributed by atoms with E-state index in [0.717, 1.165) is 12.2 Å². The summed E-state index contributed by atoms with van der Waals surface area (Å²) in [6, 6.07) is 7.17. The van der Waals surface area contributed by atoms with Crippen LogP contribution in [0.5, 0.6) is 5.75 Å². The molecule has 0 bridgehead atoms. The maximum Gasteiger partial charge on any atom is 0.251 e. The first-order chi connectivity index (χ1) is 7.27. The molecule has 15 heavy (non-hydrogen) atoms. The standard InChI is InChI=1S/C12H17NO2/c1-3-9-13-12(14)10-5-7-11(8-6-10)15-4-2/h5-8H,3-4,9H2,1-2H3,(H,13,14). The van der Waals surface area contributed by atoms with E-state index in [-0.39, 0.29) is 5.91 Å². The van der Waals surface area contributed by atoms with Crippen LogP contribution in [0.4, 0.5) is 0 Å². The summed E-state index contributed by atoms with van der Waals surface area (Å²) in [6.07, 6.45) is 0.947. The number of ether oxygens (including phenoxy) is 1. The molecule has 1 rings (SSSR count). The lowest BCUT2D eigenvalue weighted by atomic mass is 10.2. The number of rotatable bonds is 5. The fourth-order valence-electron chi connectivity index (χ4n) is 1.21. The van der Waals surface area contributed by atoms with E-state index in [2.05, 4.69) is 5.32 Å². The van der Waals surface area contributed by atoms with Crippen molar-refractivity contribution in [2.45, 2.75) is 20.3 Å². The van der Waals surface area contributed by atoms with Gasteiger partial charge in [-0.1, -0.05) is 6.92 Å². The molecule has 1 aromatic rings. The van der Waals surface area contributed by atoms with Crippen LogP contribution in [0.25, 0.3) is 0 Å². The minimum absolute atomic E-state index is 0.0279. The predicted octanol–water partition coefficient (Wildman–Crippen LogP) is 2.23. The van der Waals surface area contributed by atoms with Crippen molar-refractivity contribution in [2.24, 2.45) is 0 Å². The normalized spacial score (nSPS) is 9.73. The highest BCUT2D eigenvalue weighted by molar-refractivity contribution is 5.94. The van der Waals surface area contributed by atoms with E-state index in [0.29, 0.717) is 18.7 Å². The lowest BCUT2D eigenvalue weighted by molar-refractivity contribution is 0.0953. The number of carbonyl (C=O) groups excluding carboxylic acids is 1. The van der Waals surface area contributed by atoms with Gasteiger partial charge in [0.15, 0.2) is 0 Å². The molecule has 3 heteroatoms. The Morgan fingerprint density at radius 3 is 2.47 bits per heavy atom. The Morgan fingerprint density at radius 2 is 1.93 bits per heavy atom. The molecule has 0 saturated heterocycles. The van der Waals surface area contributed by atoms with Gasteiger partial charge >= 0.3 is 0 Å². The van der Waals surface area contributed by atoms with Crippen molar-refractivity contribution in [3.05, 3.63) is 29.8 Å². The van der Waals surface area contributed by atoms with Crippen molar-refractivity contribution in [3.8, 4) is 5.75 Å². The van der Waals surface area contributed by atoms with Crippen molar-refractivity contribution >= 4 is 5.91 Å². The van der Waals surface area contributed by atoms with Gasteiger partial charge in [0.05, 0.1) is 6.61 Å². The van der Waals surface area contributed by atoms with Crippen LogP contribution in [-0.2, 0) is 0 Å². The average Bonchev–Trinajstić information content (AvgIpc) is 2.27. The molecular formula is C12H17NO2. The van der Waals surface area contributed by atoms with E-state index in [4.69, 9.17) is 4.74 Å². The van der Waals surface area contributed by atoms with Gasteiger partial charge in [0.25, 0.3) is 5.91 Å². The molecule has 0 aliphatic carbocycles. The van der Waals surface area contributed by atoms with Crippen LogP contribution in [0.3, 0.4) is 0 Å². The first kappa shape index (κ1) is 11.6. The van der Waals surface area contributed by atoms with Gasteiger partial charge in [0, 0.05) is 12.1 Å². The summed E-state index contributed by atoms with van der Waals surface area (Å²) in [5.41, 5.74) is 0.673. The fraction of sp³-hybridized carbons (Fsp3) is 0.417. The maximum atomic E-state index is 11.5. The van der Waals surface area contributed by atoms with Gasteiger partial charge < -0.3 is 10.1 Å². The SMILES string of the molecule is CCCNC(=O)c1ccc(OCC)cc1. The van der Waals surface area contributed by atoms with Crippen molar-refractivity contribution in [2.75, 3.05) is 13.2 Å². The Morgan fingerprint density at radius 1 is 1.27 bits per heavy atom. The van der Waals surface area contributed by atoms with E-state index < -0.39 is 0 Å². The van der Waals surface area contributed by atoms with Crippen LogP contribution in [-0.4, -0.2) is 19.1 Å². The Hall–Kier alpha value is -1.51. The van der Waals surface area contributed by atoms with Gasteiger partial charge in [-0.05, 0) is 37.6 Å². The van der Waals surface area contributed by atoms with Crippen LogP contribution >= 0.6 is 0 Å². The van der Waals surface area contributed by atoms with E-state index in [1.54, 1.807) is 12.1 Å². The number of amides is 1. The van der Waals surface area contributed by atoms with Gasteiger partial charge in [-0.25, -0.2) is 0 Å². The van der Waals surface area contributed by atoms with Crippen LogP contribution in [0.1, 0.15) is 30.6 Å². The molecule has 0 fully saturated rings. The average molecular weight is 207 g/mol. The molecule has 0 unspecified atom stereocenters. The van der Waals surface area contributed by atoms with Crippen molar-refractivity contribution in [1.82, 2.24) is 5.32 Å². The van der Waals surface area contributed by atoms with Gasteiger partial charge in [0.2, 0.25) is 0 Å². The van der Waals surface area contributed by atoms with Crippen LogP contribution in [0.15, 0.2) is 24.3 Å². The molecule has 1 amide bonds. The van der Waals surface area contributed by atoms with E-state index >= 15 is 0 Å². The molecule has 0 atom stereocenters. The van der Waals surface area contributed by atoms with Crippen molar-refractivity contribution < 1.29 is 9.53 Å². The van der Waals surface area contributed by atoms with Crippen LogP contribution in [0, 0.1) is 0 Å². The molecule has 0 aromatic heterocycles. The largest absolute Gasteiger partial charge is 0.494 e. The molecule has 1 aromatic carbocycles. The minimum atomic E-state index is -0.0279. The number of benzene rings is 1. The monoisotopic (exact) mass is 207 g/mol. The summed E-state index contributed by atoms with van der Waals surface area (Å²) in [5.74, 6) is 0.768. The van der Waals surface area contributed by atoms with E-state index in [1.807, 2.05) is 26.0 Å². The summed E-state index contributed by atoms with van der Waals surface area (Å²) < 4.78 is 5.29. The second-order valence-corrected chi connectivity index (χ2v) is 3.21. The number of carbonyl (C=O) groups is 1. The minimum Gasteiger partial charge on any atom is -0.494 e. The first-order valence-electron chi connectivity index (χ1n) is 5.29. The molecule has 1 N–H and O–H groups in total. The quantitative estimate of drug-likeness (QED) is 0.804. The molecule has 0 heterocycles. The molecule has 0 radical (unpaired) electrons. The number of hydrogen-bond donors (Lipinski definition) is 1. The zero-order chi connectivity index (χ0) is 11.1. The highest BCUT2D eigenvalue weighted by atomic mass is 16.5. The topological polar surface area (TPSA) is 38.3 Å². The Kier molecular flexibility index (Phi) is 4.68.